The molecule has 0 aliphatic rings. The molecule has 0 aliphatic carbocycles. The minimum Gasteiger partial charge on any atom is -0.556 e. The lowest BCUT2D eigenvalue weighted by atomic mass is 9.82. The fourth-order valence-corrected chi connectivity index (χ4v) is 2.18. The second kappa shape index (κ2) is 6.33. The molecule has 0 bridgehead atoms. The summed E-state index contributed by atoms with van der Waals surface area (Å²) in [6.07, 6.45) is 1.70. The van der Waals surface area contributed by atoms with Crippen molar-refractivity contribution in [2.75, 3.05) is 0 Å². The highest BCUT2D eigenvalue weighted by molar-refractivity contribution is 6.55. The van der Waals surface area contributed by atoms with Gasteiger partial charge in [0.15, 0.2) is 0 Å². The van der Waals surface area contributed by atoms with Gasteiger partial charge in [-0.25, -0.2) is 4.39 Å². The zero-order valence-electron chi connectivity index (χ0n) is 12.2. The fourth-order valence-electron chi connectivity index (χ4n) is 2.18. The number of rotatable bonds is 4. The van der Waals surface area contributed by atoms with Crippen LogP contribution in [-0.2, 0) is 0 Å². The van der Waals surface area contributed by atoms with E-state index in [2.05, 4.69) is 11.6 Å². The van der Waals surface area contributed by atoms with Crippen molar-refractivity contribution < 1.29 is 9.04 Å². The van der Waals surface area contributed by atoms with Gasteiger partial charge in [-0.1, -0.05) is 24.3 Å². The van der Waals surface area contributed by atoms with E-state index in [1.165, 1.54) is 19.6 Å². The Labute approximate surface area is 133 Å². The van der Waals surface area contributed by atoms with Crippen molar-refractivity contribution in [1.82, 2.24) is 4.98 Å². The maximum Gasteiger partial charge on any atom is 0.408 e. The van der Waals surface area contributed by atoms with Gasteiger partial charge in [-0.15, -0.1) is 6.58 Å². The van der Waals surface area contributed by atoms with Crippen molar-refractivity contribution in [2.24, 2.45) is 0 Å². The molecule has 0 saturated carbocycles. The maximum atomic E-state index is 13.4. The molecule has 0 fully saturated rings. The van der Waals surface area contributed by atoms with Gasteiger partial charge in [0.1, 0.15) is 23.2 Å². The highest BCUT2D eigenvalue weighted by Gasteiger charge is 2.10. The summed E-state index contributed by atoms with van der Waals surface area (Å²) in [4.78, 5) is 4.30. The second-order valence-electron chi connectivity index (χ2n) is 4.90. The van der Waals surface area contributed by atoms with Gasteiger partial charge < -0.3 is 4.65 Å². The number of fused-ring (bicyclic) bond motifs is 1. The van der Waals surface area contributed by atoms with Crippen LogP contribution in [0.1, 0.15) is 11.1 Å². The molecule has 0 aliphatic heterocycles. The Morgan fingerprint density at radius 3 is 2.87 bits per heavy atom. The molecule has 2 aromatic carbocycles. The highest BCUT2D eigenvalue weighted by atomic mass is 19.1. The summed E-state index contributed by atoms with van der Waals surface area (Å²) < 4.78 is 19.0. The second-order valence-corrected chi connectivity index (χ2v) is 4.90. The number of benzene rings is 2. The van der Waals surface area contributed by atoms with Gasteiger partial charge in [0.05, 0.1) is 5.56 Å². The lowest BCUT2D eigenvalue weighted by Gasteiger charge is -2.10. The quantitative estimate of drug-likeness (QED) is 0.686. The Balaban J connectivity index is 1.80. The molecule has 0 unspecified atom stereocenters. The van der Waals surface area contributed by atoms with E-state index in [-0.39, 0.29) is 5.56 Å². The van der Waals surface area contributed by atoms with Crippen molar-refractivity contribution in [3.8, 4) is 11.8 Å². The largest absolute Gasteiger partial charge is 0.556 e. The van der Waals surface area contributed by atoms with Crippen molar-refractivity contribution in [2.45, 2.75) is 0 Å². The van der Waals surface area contributed by atoms with E-state index in [0.717, 1.165) is 10.9 Å². The highest BCUT2D eigenvalue weighted by Crippen LogP contribution is 2.24. The number of hydrogen-bond acceptors (Lipinski definition) is 3. The summed E-state index contributed by atoms with van der Waals surface area (Å²) >= 11 is 0. The molecule has 109 valence electrons. The van der Waals surface area contributed by atoms with Gasteiger partial charge in [0.25, 0.3) is 0 Å². The molecule has 0 N–H and O–H groups in total. The van der Waals surface area contributed by atoms with E-state index < -0.39 is 5.82 Å². The van der Waals surface area contributed by atoms with Crippen LogP contribution in [0.3, 0.4) is 0 Å². The summed E-state index contributed by atoms with van der Waals surface area (Å²) in [5.74, 6) is 0.0510. The first-order valence-corrected chi connectivity index (χ1v) is 6.91. The van der Waals surface area contributed by atoms with Crippen molar-refractivity contribution in [3.63, 3.8) is 0 Å². The first-order valence-electron chi connectivity index (χ1n) is 6.91. The molecule has 1 radical (unpaired) electrons. The molecule has 23 heavy (non-hydrogen) atoms. The number of aromatic nitrogens is 1. The third-order valence-electron chi connectivity index (χ3n) is 3.38. The third kappa shape index (κ3) is 3.07. The molecular weight excluding hydrogens is 290 g/mol. The number of para-hydroxylation sites is 1. The molecule has 0 spiro atoms. The first kappa shape index (κ1) is 14.8. The SMILES string of the molecule is C=C([B]Oc1cccc2cccnc12)c1ccc(F)c(C#N)c1. The third-order valence-corrected chi connectivity index (χ3v) is 3.38. The van der Waals surface area contributed by atoms with Crippen molar-refractivity contribution in [1.29, 1.82) is 5.26 Å². The van der Waals surface area contributed by atoms with Crippen LogP contribution in [0.15, 0.2) is 61.3 Å². The van der Waals surface area contributed by atoms with E-state index in [9.17, 15) is 4.39 Å². The molecule has 0 atom stereocenters. The zero-order chi connectivity index (χ0) is 16.2. The normalized spacial score (nSPS) is 10.1. The standard InChI is InChI=1S/C18H11BFN2O/c1-12(14-7-8-16(20)15(10-14)11-21)19-23-17-6-2-4-13-5-3-9-22-18(13)17/h2-10H,1H2. The fraction of sp³-hybridized carbons (Fsp3) is 0. The Morgan fingerprint density at radius 2 is 2.04 bits per heavy atom. The van der Waals surface area contributed by atoms with Gasteiger partial charge in [-0.05, 0) is 35.3 Å². The monoisotopic (exact) mass is 301 g/mol. The Morgan fingerprint density at radius 1 is 1.22 bits per heavy atom. The van der Waals surface area contributed by atoms with Crippen molar-refractivity contribution >= 4 is 23.9 Å². The van der Waals surface area contributed by atoms with Crippen LogP contribution in [0.4, 0.5) is 4.39 Å². The van der Waals surface area contributed by atoms with Gasteiger partial charge >= 0.3 is 7.48 Å². The average molecular weight is 301 g/mol. The van der Waals surface area contributed by atoms with Crippen LogP contribution in [0, 0.1) is 17.1 Å². The molecular formula is C18H11BFN2O. The number of nitrogens with zero attached hydrogens (tertiary/aromatic N) is 2. The molecule has 3 aromatic rings. The minimum absolute atomic E-state index is 0.0242. The van der Waals surface area contributed by atoms with Crippen LogP contribution in [0.5, 0.6) is 5.75 Å². The first-order chi connectivity index (χ1) is 11.2. The minimum atomic E-state index is -0.553. The van der Waals surface area contributed by atoms with E-state index in [1.54, 1.807) is 12.3 Å². The number of pyridine rings is 1. The van der Waals surface area contributed by atoms with E-state index in [0.29, 0.717) is 16.8 Å². The topological polar surface area (TPSA) is 45.9 Å². The molecule has 0 amide bonds. The maximum absolute atomic E-state index is 13.4. The molecule has 1 aromatic heterocycles. The van der Waals surface area contributed by atoms with Gasteiger partial charge in [-0.2, -0.15) is 5.26 Å². The smallest absolute Gasteiger partial charge is 0.408 e. The van der Waals surface area contributed by atoms with Gasteiger partial charge in [0, 0.05) is 11.6 Å². The molecule has 1 heterocycles. The number of nitriles is 1. The molecule has 3 nitrogen and oxygen atoms in total. The molecule has 3 rings (SSSR count). The van der Waals surface area contributed by atoms with E-state index in [4.69, 9.17) is 9.92 Å². The van der Waals surface area contributed by atoms with Crippen LogP contribution in [0.2, 0.25) is 0 Å². The van der Waals surface area contributed by atoms with Gasteiger partial charge in [0.2, 0.25) is 0 Å². The summed E-state index contributed by atoms with van der Waals surface area (Å²) in [7, 11) is 1.47. The summed E-state index contributed by atoms with van der Waals surface area (Å²) in [6.45, 7) is 3.89. The number of hydrogen-bond donors (Lipinski definition) is 0. The Hall–Kier alpha value is -3.13. The Kier molecular flexibility index (Phi) is 4.07. The van der Waals surface area contributed by atoms with Crippen LogP contribution in [-0.4, -0.2) is 12.5 Å². The van der Waals surface area contributed by atoms with E-state index >= 15 is 0 Å². The van der Waals surface area contributed by atoms with E-state index in [1.807, 2.05) is 36.4 Å². The lowest BCUT2D eigenvalue weighted by molar-refractivity contribution is 0.611. The molecule has 5 heteroatoms. The van der Waals surface area contributed by atoms with Gasteiger partial charge in [-0.3, -0.25) is 4.98 Å². The van der Waals surface area contributed by atoms with Crippen LogP contribution >= 0.6 is 0 Å². The van der Waals surface area contributed by atoms with Crippen molar-refractivity contribution in [3.05, 3.63) is 78.3 Å². The predicted octanol–water partition coefficient (Wildman–Crippen LogP) is 3.91. The van der Waals surface area contributed by atoms with Crippen LogP contribution in [0.25, 0.3) is 16.4 Å². The number of halogens is 1. The summed E-state index contributed by atoms with van der Waals surface area (Å²) in [6, 6.07) is 15.5. The predicted molar refractivity (Wildman–Crippen MR) is 88.3 cm³/mol. The van der Waals surface area contributed by atoms with Crippen LogP contribution < -0.4 is 4.65 Å². The summed E-state index contributed by atoms with van der Waals surface area (Å²) in [5.41, 5.74) is 1.88. The molecule has 0 saturated heterocycles. The average Bonchev–Trinajstić information content (AvgIpc) is 2.60. The lowest BCUT2D eigenvalue weighted by Crippen LogP contribution is -2.06. The summed E-state index contributed by atoms with van der Waals surface area (Å²) in [5, 5.41) is 9.85. The Bertz CT molecular complexity index is 928. The zero-order valence-corrected chi connectivity index (χ0v) is 12.2.